The van der Waals surface area contributed by atoms with Gasteiger partial charge in [0.2, 0.25) is 5.78 Å². The molecule has 7 nitrogen and oxygen atoms in total. The number of nitrogens with two attached hydrogens (primary N) is 1. The topological polar surface area (TPSA) is 105 Å². The molecule has 0 bridgehead atoms. The molecule has 1 amide bonds. The van der Waals surface area contributed by atoms with Gasteiger partial charge < -0.3 is 19.9 Å². The number of esters is 1. The Morgan fingerprint density at radius 2 is 2.15 bits per heavy atom. The molecule has 1 aromatic heterocycles. The van der Waals surface area contributed by atoms with Gasteiger partial charge >= 0.3 is 5.97 Å². The lowest BCUT2D eigenvalue weighted by atomic mass is 9.89. The van der Waals surface area contributed by atoms with Gasteiger partial charge in [-0.3, -0.25) is 9.59 Å². The van der Waals surface area contributed by atoms with Gasteiger partial charge in [0.25, 0.3) is 5.91 Å². The fraction of sp³-hybridized carbons (Fsp3) is 0.611. The Bertz CT molecular complexity index is 666. The minimum Gasteiger partial charge on any atom is -0.449 e. The van der Waals surface area contributed by atoms with Crippen molar-refractivity contribution in [3.63, 3.8) is 0 Å². The summed E-state index contributed by atoms with van der Waals surface area (Å²) in [6, 6.07) is 1.91. The van der Waals surface area contributed by atoms with Gasteiger partial charge in [0.05, 0.1) is 6.61 Å². The minimum atomic E-state index is -1.66. The third kappa shape index (κ3) is 4.90. The van der Waals surface area contributed by atoms with Gasteiger partial charge in [-0.2, -0.15) is 11.3 Å². The first-order valence-electron chi connectivity index (χ1n) is 8.33. The van der Waals surface area contributed by atoms with Crippen molar-refractivity contribution in [1.82, 2.24) is 0 Å². The zero-order chi connectivity index (χ0) is 19.5. The minimum absolute atomic E-state index is 0.207. The summed E-state index contributed by atoms with van der Waals surface area (Å²) < 4.78 is 16.3. The van der Waals surface area contributed by atoms with Crippen LogP contribution in [0, 0.1) is 5.41 Å². The SMILES string of the molecule is CC(C)(C)CC(OCc1ccsc1)C(=O)OC1C(=O)COC1(C)C(N)=O. The van der Waals surface area contributed by atoms with Crippen LogP contribution in [0.4, 0.5) is 0 Å². The van der Waals surface area contributed by atoms with Crippen LogP contribution in [0.15, 0.2) is 16.8 Å². The summed E-state index contributed by atoms with van der Waals surface area (Å²) in [6.45, 7) is 7.19. The van der Waals surface area contributed by atoms with Crippen molar-refractivity contribution in [2.24, 2.45) is 11.1 Å². The maximum Gasteiger partial charge on any atom is 0.336 e. The number of ether oxygens (including phenoxy) is 3. The first kappa shape index (κ1) is 20.5. The number of hydrogen-bond donors (Lipinski definition) is 1. The Morgan fingerprint density at radius 1 is 1.46 bits per heavy atom. The molecule has 1 aliphatic rings. The molecule has 3 atom stereocenters. The number of hydrogen-bond acceptors (Lipinski definition) is 7. The summed E-state index contributed by atoms with van der Waals surface area (Å²) in [4.78, 5) is 36.4. The Kier molecular flexibility index (Phi) is 6.21. The predicted octanol–water partition coefficient (Wildman–Crippen LogP) is 1.82. The number of Topliss-reactive ketones (excluding diaryl/α,β-unsaturated/α-hetero) is 1. The molecule has 2 rings (SSSR count). The maximum atomic E-state index is 12.7. The van der Waals surface area contributed by atoms with E-state index in [2.05, 4.69) is 0 Å². The van der Waals surface area contributed by atoms with Gasteiger partial charge in [0.15, 0.2) is 17.8 Å². The number of carbonyl (C=O) groups excluding carboxylic acids is 3. The Balaban J connectivity index is 2.11. The molecule has 144 valence electrons. The van der Waals surface area contributed by atoms with Crippen molar-refractivity contribution in [2.45, 2.75) is 58.5 Å². The van der Waals surface area contributed by atoms with Crippen LogP contribution >= 0.6 is 11.3 Å². The van der Waals surface area contributed by atoms with Gasteiger partial charge in [-0.05, 0) is 41.1 Å². The van der Waals surface area contributed by atoms with Gasteiger partial charge in [0, 0.05) is 0 Å². The van der Waals surface area contributed by atoms with E-state index in [-0.39, 0.29) is 18.6 Å². The van der Waals surface area contributed by atoms with Crippen molar-refractivity contribution >= 4 is 29.0 Å². The molecule has 0 saturated carbocycles. The van der Waals surface area contributed by atoms with Crippen molar-refractivity contribution in [3.8, 4) is 0 Å². The van der Waals surface area contributed by atoms with Crippen LogP contribution < -0.4 is 5.73 Å². The molecular formula is C18H25NO6S. The van der Waals surface area contributed by atoms with Crippen molar-refractivity contribution < 1.29 is 28.6 Å². The van der Waals surface area contributed by atoms with Crippen LogP contribution in [-0.4, -0.2) is 42.1 Å². The fourth-order valence-electron chi connectivity index (χ4n) is 2.59. The van der Waals surface area contributed by atoms with E-state index in [0.717, 1.165) is 5.56 Å². The third-order valence-electron chi connectivity index (χ3n) is 4.12. The lowest BCUT2D eigenvalue weighted by Crippen LogP contribution is -2.53. The zero-order valence-electron chi connectivity index (χ0n) is 15.4. The van der Waals surface area contributed by atoms with Crippen LogP contribution in [0.25, 0.3) is 0 Å². The summed E-state index contributed by atoms with van der Waals surface area (Å²) in [7, 11) is 0. The second-order valence-electron chi connectivity index (χ2n) is 7.74. The second-order valence-corrected chi connectivity index (χ2v) is 8.52. The fourth-order valence-corrected chi connectivity index (χ4v) is 3.24. The van der Waals surface area contributed by atoms with Gasteiger partial charge in [-0.1, -0.05) is 20.8 Å². The molecule has 1 aliphatic heterocycles. The quantitative estimate of drug-likeness (QED) is 0.720. The molecule has 2 N–H and O–H groups in total. The smallest absolute Gasteiger partial charge is 0.336 e. The van der Waals surface area contributed by atoms with Crippen LogP contribution in [0.5, 0.6) is 0 Å². The molecule has 1 fully saturated rings. The van der Waals surface area contributed by atoms with E-state index in [9.17, 15) is 14.4 Å². The first-order valence-corrected chi connectivity index (χ1v) is 9.27. The highest BCUT2D eigenvalue weighted by Gasteiger charge is 2.54. The molecular weight excluding hydrogens is 358 g/mol. The largest absolute Gasteiger partial charge is 0.449 e. The number of carbonyl (C=O) groups is 3. The predicted molar refractivity (Wildman–Crippen MR) is 95.4 cm³/mol. The molecule has 2 heterocycles. The summed E-state index contributed by atoms with van der Waals surface area (Å²) in [5, 5.41) is 3.85. The van der Waals surface area contributed by atoms with Crippen molar-refractivity contribution in [2.75, 3.05) is 6.61 Å². The molecule has 0 aliphatic carbocycles. The van der Waals surface area contributed by atoms with Crippen LogP contribution in [-0.2, 0) is 35.2 Å². The Hall–Kier alpha value is -1.77. The Labute approximate surface area is 156 Å². The van der Waals surface area contributed by atoms with Crippen LogP contribution in [0.2, 0.25) is 0 Å². The number of thiophene rings is 1. The van der Waals surface area contributed by atoms with E-state index in [1.807, 2.05) is 37.6 Å². The third-order valence-corrected chi connectivity index (χ3v) is 4.85. The average Bonchev–Trinajstić information content (AvgIpc) is 3.14. The number of amides is 1. The lowest BCUT2D eigenvalue weighted by Gasteiger charge is -2.29. The number of primary amides is 1. The standard InChI is InChI=1S/C18H25NO6S/c1-17(2,3)7-13(23-8-11-5-6-26-10-11)15(21)25-14-12(20)9-24-18(14,4)16(19)22/h5-6,10,13-14H,7-9H2,1-4H3,(H2,19,22). The van der Waals surface area contributed by atoms with Gasteiger partial charge in [-0.25, -0.2) is 4.79 Å². The second kappa shape index (κ2) is 7.85. The monoisotopic (exact) mass is 383 g/mol. The summed E-state index contributed by atoms with van der Waals surface area (Å²) in [5.74, 6) is -2.05. The zero-order valence-corrected chi connectivity index (χ0v) is 16.3. The van der Waals surface area contributed by atoms with Gasteiger partial charge in [0.1, 0.15) is 6.61 Å². The molecule has 26 heavy (non-hydrogen) atoms. The van der Waals surface area contributed by atoms with Crippen molar-refractivity contribution in [3.05, 3.63) is 22.4 Å². The molecule has 1 aromatic rings. The number of ketones is 1. The average molecular weight is 383 g/mol. The van der Waals surface area contributed by atoms with E-state index in [1.165, 1.54) is 18.3 Å². The van der Waals surface area contributed by atoms with E-state index in [0.29, 0.717) is 6.42 Å². The molecule has 0 spiro atoms. The summed E-state index contributed by atoms with van der Waals surface area (Å²) in [6.07, 6.45) is -1.84. The summed E-state index contributed by atoms with van der Waals surface area (Å²) in [5.41, 5.74) is 4.40. The number of rotatable bonds is 7. The molecule has 0 aromatic carbocycles. The van der Waals surface area contributed by atoms with Crippen LogP contribution in [0.3, 0.4) is 0 Å². The maximum absolute atomic E-state index is 12.7. The highest BCUT2D eigenvalue weighted by Crippen LogP contribution is 2.29. The Morgan fingerprint density at radius 3 is 2.69 bits per heavy atom. The normalized spacial score (nSPS) is 24.5. The first-order chi connectivity index (χ1) is 12.0. The van der Waals surface area contributed by atoms with E-state index < -0.39 is 35.5 Å². The lowest BCUT2D eigenvalue weighted by molar-refractivity contribution is -0.177. The highest BCUT2D eigenvalue weighted by atomic mass is 32.1. The summed E-state index contributed by atoms with van der Waals surface area (Å²) >= 11 is 1.53. The van der Waals surface area contributed by atoms with Crippen LogP contribution in [0.1, 0.15) is 39.7 Å². The van der Waals surface area contributed by atoms with E-state index in [4.69, 9.17) is 19.9 Å². The van der Waals surface area contributed by atoms with E-state index >= 15 is 0 Å². The molecule has 3 unspecified atom stereocenters. The highest BCUT2D eigenvalue weighted by molar-refractivity contribution is 7.07. The molecule has 0 radical (unpaired) electrons. The van der Waals surface area contributed by atoms with E-state index in [1.54, 1.807) is 0 Å². The molecule has 1 saturated heterocycles. The van der Waals surface area contributed by atoms with Crippen molar-refractivity contribution in [1.29, 1.82) is 0 Å². The van der Waals surface area contributed by atoms with Gasteiger partial charge in [-0.15, -0.1) is 0 Å². The molecule has 8 heteroatoms.